The van der Waals surface area contributed by atoms with Crippen LogP contribution in [0.3, 0.4) is 0 Å². The lowest BCUT2D eigenvalue weighted by Crippen LogP contribution is -2.36. The maximum absolute atomic E-state index is 11.1. The Hall–Kier alpha value is -2.27. The van der Waals surface area contributed by atoms with E-state index in [9.17, 15) is 4.79 Å². The van der Waals surface area contributed by atoms with Crippen LogP contribution in [-0.4, -0.2) is 27.1 Å². The lowest BCUT2D eigenvalue weighted by molar-refractivity contribution is -0.139. The van der Waals surface area contributed by atoms with Crippen LogP contribution in [0.25, 0.3) is 11.4 Å². The van der Waals surface area contributed by atoms with E-state index in [4.69, 9.17) is 5.11 Å². The van der Waals surface area contributed by atoms with E-state index in [-0.39, 0.29) is 0 Å². The number of carboxylic acid groups (broad SMARTS) is 1. The van der Waals surface area contributed by atoms with E-state index in [0.717, 1.165) is 17.5 Å². The Labute approximate surface area is 124 Å². The van der Waals surface area contributed by atoms with Gasteiger partial charge in [0.25, 0.3) is 0 Å². The summed E-state index contributed by atoms with van der Waals surface area (Å²) < 4.78 is 0. The zero-order chi connectivity index (χ0) is 15.1. The molecule has 5 heteroatoms. The van der Waals surface area contributed by atoms with Crippen LogP contribution in [0.5, 0.6) is 0 Å². The highest BCUT2D eigenvalue weighted by atomic mass is 16.4. The first-order chi connectivity index (χ1) is 10.2. The molecule has 110 valence electrons. The Kier molecular flexibility index (Phi) is 5.40. The smallest absolute Gasteiger partial charge is 0.320 e. The third kappa shape index (κ3) is 4.36. The van der Waals surface area contributed by atoms with Crippen molar-refractivity contribution in [2.75, 3.05) is 0 Å². The molecule has 0 saturated heterocycles. The molecule has 2 N–H and O–H groups in total. The molecule has 0 fully saturated rings. The number of carbonyl (C=O) groups is 1. The summed E-state index contributed by atoms with van der Waals surface area (Å²) in [5.41, 5.74) is 1.84. The van der Waals surface area contributed by atoms with Crippen LogP contribution in [0.15, 0.2) is 42.7 Å². The zero-order valence-electron chi connectivity index (χ0n) is 12.0. The van der Waals surface area contributed by atoms with Crippen molar-refractivity contribution in [3.05, 3.63) is 48.3 Å². The first-order valence-corrected chi connectivity index (χ1v) is 7.03. The molecule has 2 rings (SSSR count). The Bertz CT molecular complexity index is 570. The summed E-state index contributed by atoms with van der Waals surface area (Å²) in [5, 5.41) is 12.1. The van der Waals surface area contributed by atoms with Crippen molar-refractivity contribution < 1.29 is 9.90 Å². The summed E-state index contributed by atoms with van der Waals surface area (Å²) >= 11 is 0. The summed E-state index contributed by atoms with van der Waals surface area (Å²) in [4.78, 5) is 19.7. The lowest BCUT2D eigenvalue weighted by atomic mass is 10.1. The first-order valence-electron chi connectivity index (χ1n) is 7.03. The summed E-state index contributed by atoms with van der Waals surface area (Å²) in [5.74, 6) is -0.152. The van der Waals surface area contributed by atoms with E-state index >= 15 is 0 Å². The fraction of sp³-hybridized carbons (Fsp3) is 0.312. The largest absolute Gasteiger partial charge is 0.480 e. The molecule has 0 aliphatic heterocycles. The number of aliphatic carboxylic acids is 1. The molecule has 1 aromatic heterocycles. The number of carboxylic acids is 1. The van der Waals surface area contributed by atoms with Crippen molar-refractivity contribution in [2.24, 2.45) is 0 Å². The molecular weight excluding hydrogens is 266 g/mol. The molecule has 0 radical (unpaired) electrons. The lowest BCUT2D eigenvalue weighted by Gasteiger charge is -2.13. The van der Waals surface area contributed by atoms with E-state index in [1.54, 1.807) is 12.4 Å². The molecule has 5 nitrogen and oxygen atoms in total. The topological polar surface area (TPSA) is 75.1 Å². The molecule has 0 aliphatic carbocycles. The molecule has 0 spiro atoms. The Morgan fingerprint density at radius 1 is 1.24 bits per heavy atom. The highest BCUT2D eigenvalue weighted by Gasteiger charge is 2.15. The molecule has 1 aromatic carbocycles. The van der Waals surface area contributed by atoms with Gasteiger partial charge in [-0.1, -0.05) is 43.7 Å². The highest BCUT2D eigenvalue weighted by molar-refractivity contribution is 5.73. The highest BCUT2D eigenvalue weighted by Crippen LogP contribution is 2.13. The monoisotopic (exact) mass is 285 g/mol. The van der Waals surface area contributed by atoms with E-state index in [0.29, 0.717) is 18.8 Å². The molecular formula is C16H19N3O2. The van der Waals surface area contributed by atoms with Gasteiger partial charge in [-0.15, -0.1) is 0 Å². The number of aromatic nitrogens is 2. The van der Waals surface area contributed by atoms with Crippen LogP contribution in [0.4, 0.5) is 0 Å². The van der Waals surface area contributed by atoms with E-state index in [1.165, 1.54) is 0 Å². The number of hydrogen-bond donors (Lipinski definition) is 2. The van der Waals surface area contributed by atoms with Gasteiger partial charge in [-0.25, -0.2) is 9.97 Å². The third-order valence-corrected chi connectivity index (χ3v) is 3.17. The van der Waals surface area contributed by atoms with Crippen molar-refractivity contribution in [2.45, 2.75) is 32.4 Å². The average Bonchev–Trinajstić information content (AvgIpc) is 2.52. The van der Waals surface area contributed by atoms with Gasteiger partial charge in [-0.3, -0.25) is 4.79 Å². The molecule has 0 bridgehead atoms. The van der Waals surface area contributed by atoms with Gasteiger partial charge in [0.1, 0.15) is 6.04 Å². The van der Waals surface area contributed by atoms with Gasteiger partial charge >= 0.3 is 5.97 Å². The van der Waals surface area contributed by atoms with Crippen molar-refractivity contribution in [3.8, 4) is 11.4 Å². The summed E-state index contributed by atoms with van der Waals surface area (Å²) in [7, 11) is 0. The third-order valence-electron chi connectivity index (χ3n) is 3.17. The van der Waals surface area contributed by atoms with E-state index < -0.39 is 12.0 Å². The maximum Gasteiger partial charge on any atom is 0.320 e. The van der Waals surface area contributed by atoms with Crippen LogP contribution in [-0.2, 0) is 11.3 Å². The molecule has 2 aromatic rings. The second-order valence-electron chi connectivity index (χ2n) is 4.84. The van der Waals surface area contributed by atoms with Gasteiger partial charge in [0.05, 0.1) is 0 Å². The quantitative estimate of drug-likeness (QED) is 0.817. The predicted octanol–water partition coefficient (Wildman–Crippen LogP) is 2.49. The van der Waals surface area contributed by atoms with Crippen LogP contribution in [0, 0.1) is 0 Å². The summed E-state index contributed by atoms with van der Waals surface area (Å²) in [6.45, 7) is 2.42. The Morgan fingerprint density at radius 2 is 1.90 bits per heavy atom. The number of benzene rings is 1. The minimum Gasteiger partial charge on any atom is -0.480 e. The second-order valence-corrected chi connectivity index (χ2v) is 4.84. The number of nitrogens with one attached hydrogen (secondary N) is 1. The molecule has 21 heavy (non-hydrogen) atoms. The van der Waals surface area contributed by atoms with Crippen LogP contribution in [0.2, 0.25) is 0 Å². The fourth-order valence-corrected chi connectivity index (χ4v) is 2.02. The van der Waals surface area contributed by atoms with Gasteiger partial charge in [-0.05, 0) is 6.42 Å². The minimum atomic E-state index is -0.821. The fourth-order valence-electron chi connectivity index (χ4n) is 2.02. The van der Waals surface area contributed by atoms with Crippen LogP contribution >= 0.6 is 0 Å². The standard InChI is InChI=1S/C16H19N3O2/c1-2-6-14(16(20)21)17-9-12-10-18-15(19-11-12)13-7-4-3-5-8-13/h3-5,7-8,10-11,14,17H,2,6,9H2,1H3,(H,20,21)/t14-/m1/s1. The SMILES string of the molecule is CCC[C@@H](NCc1cnc(-c2ccccc2)nc1)C(=O)O. The second kappa shape index (κ2) is 7.50. The molecule has 1 heterocycles. The van der Waals surface area contributed by atoms with Gasteiger partial charge in [0.2, 0.25) is 0 Å². The van der Waals surface area contributed by atoms with E-state index in [1.807, 2.05) is 37.3 Å². The molecule has 1 atom stereocenters. The predicted molar refractivity (Wildman–Crippen MR) is 80.6 cm³/mol. The van der Waals surface area contributed by atoms with Crippen molar-refractivity contribution in [1.82, 2.24) is 15.3 Å². The number of hydrogen-bond acceptors (Lipinski definition) is 4. The van der Waals surface area contributed by atoms with E-state index in [2.05, 4.69) is 15.3 Å². The van der Waals surface area contributed by atoms with Crippen LogP contribution < -0.4 is 5.32 Å². The van der Waals surface area contributed by atoms with Crippen molar-refractivity contribution in [3.63, 3.8) is 0 Å². The first kappa shape index (κ1) is 15.1. The average molecular weight is 285 g/mol. The Morgan fingerprint density at radius 3 is 2.48 bits per heavy atom. The summed E-state index contributed by atoms with van der Waals surface area (Å²) in [6.07, 6.45) is 4.89. The molecule has 0 aliphatic rings. The Balaban J connectivity index is 1.98. The van der Waals surface area contributed by atoms with Gasteiger partial charge in [0, 0.05) is 30.1 Å². The molecule has 0 saturated carbocycles. The summed E-state index contributed by atoms with van der Waals surface area (Å²) in [6, 6.07) is 9.21. The van der Waals surface area contributed by atoms with Gasteiger partial charge in [-0.2, -0.15) is 0 Å². The van der Waals surface area contributed by atoms with Crippen LogP contribution in [0.1, 0.15) is 25.3 Å². The zero-order valence-corrected chi connectivity index (χ0v) is 12.0. The minimum absolute atomic E-state index is 0.450. The molecule has 0 unspecified atom stereocenters. The van der Waals surface area contributed by atoms with Gasteiger partial charge in [0.15, 0.2) is 5.82 Å². The van der Waals surface area contributed by atoms with Crippen molar-refractivity contribution >= 4 is 5.97 Å². The number of rotatable bonds is 7. The van der Waals surface area contributed by atoms with Gasteiger partial charge < -0.3 is 10.4 Å². The maximum atomic E-state index is 11.1. The van der Waals surface area contributed by atoms with Crippen molar-refractivity contribution in [1.29, 1.82) is 0 Å². The number of nitrogens with zero attached hydrogens (tertiary/aromatic N) is 2. The molecule has 0 amide bonds. The normalized spacial score (nSPS) is 12.0.